The summed E-state index contributed by atoms with van der Waals surface area (Å²) < 4.78 is 1.03. The van der Waals surface area contributed by atoms with Crippen LogP contribution in [0.15, 0.2) is 12.1 Å². The summed E-state index contributed by atoms with van der Waals surface area (Å²) >= 11 is 0. The van der Waals surface area contributed by atoms with Gasteiger partial charge in [-0.25, -0.2) is 0 Å². The van der Waals surface area contributed by atoms with E-state index in [2.05, 4.69) is 80.0 Å². The Morgan fingerprint density at radius 3 is 1.78 bits per heavy atom. The number of nitrogens with zero attached hydrogens (tertiary/aromatic N) is 1. The Kier molecular flexibility index (Phi) is 13.5. The molecule has 36 heavy (non-hydrogen) atoms. The number of unbranched alkanes of at least 4 members (excludes halogenated alkanes) is 7. The van der Waals surface area contributed by atoms with Gasteiger partial charge in [0, 0.05) is 19.4 Å². The molecule has 0 atom stereocenters. The van der Waals surface area contributed by atoms with E-state index in [-0.39, 0.29) is 16.7 Å². The minimum Gasteiger partial charge on any atom is -0.507 e. The SMILES string of the molecule is CCCCCCCCCC[N+](C)(C)CCCNC(=O)CCc1cc(C(C)(C)C)c(O)c(C(C)(C)C)c1. The highest BCUT2D eigenvalue weighted by Gasteiger charge is 2.26. The second kappa shape index (κ2) is 15.0. The highest BCUT2D eigenvalue weighted by Crippen LogP contribution is 2.40. The predicted octanol–water partition coefficient (Wildman–Crippen LogP) is 7.64. The first kappa shape index (κ1) is 32.5. The zero-order valence-corrected chi connectivity index (χ0v) is 25.4. The summed E-state index contributed by atoms with van der Waals surface area (Å²) in [6, 6.07) is 4.17. The third-order valence-corrected chi connectivity index (χ3v) is 7.31. The van der Waals surface area contributed by atoms with Gasteiger partial charge in [-0.1, -0.05) is 99.1 Å². The number of nitrogens with one attached hydrogen (secondary N) is 1. The van der Waals surface area contributed by atoms with Crippen molar-refractivity contribution in [2.24, 2.45) is 0 Å². The second-order valence-corrected chi connectivity index (χ2v) is 13.6. The summed E-state index contributed by atoms with van der Waals surface area (Å²) in [5.41, 5.74) is 2.74. The number of quaternary nitrogens is 1. The molecule has 0 saturated carbocycles. The Morgan fingerprint density at radius 1 is 0.806 bits per heavy atom. The maximum atomic E-state index is 12.5. The number of aromatic hydroxyl groups is 1. The molecule has 0 heterocycles. The molecule has 0 radical (unpaired) electrons. The number of aryl methyl sites for hydroxylation is 1. The van der Waals surface area contributed by atoms with E-state index in [9.17, 15) is 9.90 Å². The molecule has 4 nitrogen and oxygen atoms in total. The lowest BCUT2D eigenvalue weighted by Crippen LogP contribution is -2.42. The van der Waals surface area contributed by atoms with Crippen LogP contribution in [0.25, 0.3) is 0 Å². The zero-order chi connectivity index (χ0) is 27.4. The molecule has 1 amide bonds. The fraction of sp³-hybridized carbons (Fsp3) is 0.781. The Labute approximate surface area is 223 Å². The number of hydrogen-bond acceptors (Lipinski definition) is 2. The van der Waals surface area contributed by atoms with Crippen molar-refractivity contribution in [3.8, 4) is 5.75 Å². The van der Waals surface area contributed by atoms with Crippen molar-refractivity contribution >= 4 is 5.91 Å². The first-order chi connectivity index (χ1) is 16.7. The number of hydrogen-bond donors (Lipinski definition) is 2. The molecule has 0 aliphatic carbocycles. The van der Waals surface area contributed by atoms with E-state index >= 15 is 0 Å². The fourth-order valence-electron chi connectivity index (χ4n) is 4.85. The average molecular weight is 504 g/mol. The van der Waals surface area contributed by atoms with Gasteiger partial charge < -0.3 is 14.9 Å². The normalized spacial score (nSPS) is 12.7. The summed E-state index contributed by atoms with van der Waals surface area (Å²) in [5.74, 6) is 0.516. The third kappa shape index (κ3) is 12.6. The van der Waals surface area contributed by atoms with Gasteiger partial charge in [-0.3, -0.25) is 4.79 Å². The third-order valence-electron chi connectivity index (χ3n) is 7.31. The molecule has 0 bridgehead atoms. The van der Waals surface area contributed by atoms with Crippen LogP contribution < -0.4 is 5.32 Å². The maximum Gasteiger partial charge on any atom is 0.220 e. The zero-order valence-electron chi connectivity index (χ0n) is 25.4. The first-order valence-corrected chi connectivity index (χ1v) is 14.6. The van der Waals surface area contributed by atoms with Gasteiger partial charge in [-0.2, -0.15) is 0 Å². The highest BCUT2D eigenvalue weighted by atomic mass is 16.3. The smallest absolute Gasteiger partial charge is 0.220 e. The minimum absolute atomic E-state index is 0.117. The molecular weight excluding hydrogens is 444 g/mol. The van der Waals surface area contributed by atoms with Crippen LogP contribution in [0.5, 0.6) is 5.75 Å². The number of amides is 1. The quantitative estimate of drug-likeness (QED) is 0.180. The summed E-state index contributed by atoms with van der Waals surface area (Å²) in [5, 5.41) is 14.0. The van der Waals surface area contributed by atoms with E-state index in [1.807, 2.05) is 0 Å². The number of rotatable bonds is 16. The van der Waals surface area contributed by atoms with E-state index in [0.29, 0.717) is 18.6 Å². The van der Waals surface area contributed by atoms with Crippen LogP contribution in [-0.2, 0) is 22.0 Å². The molecule has 2 N–H and O–H groups in total. The van der Waals surface area contributed by atoms with Crippen LogP contribution in [0.3, 0.4) is 0 Å². The number of phenols is 1. The van der Waals surface area contributed by atoms with Crippen molar-refractivity contribution in [3.05, 3.63) is 28.8 Å². The van der Waals surface area contributed by atoms with Crippen molar-refractivity contribution in [2.75, 3.05) is 33.7 Å². The molecule has 208 valence electrons. The molecule has 0 aliphatic heterocycles. The van der Waals surface area contributed by atoms with Crippen LogP contribution in [0.4, 0.5) is 0 Å². The molecule has 0 saturated heterocycles. The van der Waals surface area contributed by atoms with Crippen molar-refractivity contribution < 1.29 is 14.4 Å². The van der Waals surface area contributed by atoms with E-state index in [1.54, 1.807) is 0 Å². The van der Waals surface area contributed by atoms with E-state index in [1.165, 1.54) is 57.9 Å². The largest absolute Gasteiger partial charge is 0.507 e. The Morgan fingerprint density at radius 2 is 1.28 bits per heavy atom. The van der Waals surface area contributed by atoms with Crippen molar-refractivity contribution in [2.45, 2.75) is 130 Å². The van der Waals surface area contributed by atoms with Gasteiger partial charge in [0.2, 0.25) is 5.91 Å². The van der Waals surface area contributed by atoms with Gasteiger partial charge in [0.25, 0.3) is 0 Å². The minimum atomic E-state index is -0.151. The topological polar surface area (TPSA) is 49.3 Å². The number of carbonyl (C=O) groups is 1. The number of benzene rings is 1. The van der Waals surface area contributed by atoms with Crippen molar-refractivity contribution in [1.82, 2.24) is 5.32 Å². The van der Waals surface area contributed by atoms with Crippen LogP contribution >= 0.6 is 0 Å². The molecule has 0 aliphatic rings. The van der Waals surface area contributed by atoms with E-state index in [4.69, 9.17) is 0 Å². The van der Waals surface area contributed by atoms with Gasteiger partial charge >= 0.3 is 0 Å². The summed E-state index contributed by atoms with van der Waals surface area (Å²) in [6.07, 6.45) is 13.1. The Balaban J connectivity index is 2.42. The predicted molar refractivity (Wildman–Crippen MR) is 156 cm³/mol. The lowest BCUT2D eigenvalue weighted by molar-refractivity contribution is -0.890. The lowest BCUT2D eigenvalue weighted by Gasteiger charge is -2.30. The van der Waals surface area contributed by atoms with Crippen molar-refractivity contribution in [3.63, 3.8) is 0 Å². The Hall–Kier alpha value is -1.55. The molecule has 0 aromatic heterocycles. The van der Waals surface area contributed by atoms with E-state index in [0.717, 1.165) is 40.7 Å². The highest BCUT2D eigenvalue weighted by molar-refractivity contribution is 5.76. The van der Waals surface area contributed by atoms with Crippen LogP contribution in [0.2, 0.25) is 0 Å². The van der Waals surface area contributed by atoms with E-state index < -0.39 is 0 Å². The molecule has 1 rings (SSSR count). The second-order valence-electron chi connectivity index (χ2n) is 13.6. The molecule has 4 heteroatoms. The van der Waals surface area contributed by atoms with Gasteiger partial charge in [-0.05, 0) is 46.8 Å². The van der Waals surface area contributed by atoms with Crippen molar-refractivity contribution in [1.29, 1.82) is 0 Å². The Bertz CT molecular complexity index is 749. The molecule has 0 unspecified atom stereocenters. The molecule has 0 spiro atoms. The number of phenolic OH excluding ortho intramolecular Hbond substituents is 1. The summed E-state index contributed by atoms with van der Waals surface area (Å²) in [4.78, 5) is 12.5. The van der Waals surface area contributed by atoms with Gasteiger partial charge in [0.05, 0.1) is 27.2 Å². The monoisotopic (exact) mass is 503 g/mol. The average Bonchev–Trinajstić information content (AvgIpc) is 2.76. The van der Waals surface area contributed by atoms with Gasteiger partial charge in [0.15, 0.2) is 0 Å². The van der Waals surface area contributed by atoms with Gasteiger partial charge in [0.1, 0.15) is 5.75 Å². The van der Waals surface area contributed by atoms with Gasteiger partial charge in [-0.15, -0.1) is 0 Å². The maximum absolute atomic E-state index is 12.5. The standard InChI is InChI=1S/C32H58N2O2/c1-10-11-12-13-14-15-16-17-22-34(8,9)23-18-21-33-29(35)20-19-26-24-27(31(2,3)4)30(36)28(25-26)32(5,6)7/h24-25H,10-23H2,1-9H3,(H-,33,35,36)/p+1. The fourth-order valence-corrected chi connectivity index (χ4v) is 4.85. The first-order valence-electron chi connectivity index (χ1n) is 14.6. The molecule has 1 aromatic rings. The number of carbonyl (C=O) groups excluding carboxylic acids is 1. The summed E-state index contributed by atoms with van der Waals surface area (Å²) in [7, 11) is 4.63. The molecule has 0 fully saturated rings. The summed E-state index contributed by atoms with van der Waals surface area (Å²) in [6.45, 7) is 18.1. The lowest BCUT2D eigenvalue weighted by atomic mass is 9.78. The van der Waals surface area contributed by atoms with Crippen LogP contribution in [-0.4, -0.2) is 49.2 Å². The van der Waals surface area contributed by atoms with Crippen LogP contribution in [0, 0.1) is 0 Å². The van der Waals surface area contributed by atoms with Crippen LogP contribution in [0.1, 0.15) is 129 Å². The molecule has 1 aromatic carbocycles. The molecular formula is C32H59N2O2+.